The van der Waals surface area contributed by atoms with Gasteiger partial charge in [0.2, 0.25) is 0 Å². The summed E-state index contributed by atoms with van der Waals surface area (Å²) in [7, 11) is 0. The number of nitrogens with one attached hydrogen (secondary N) is 1. The number of hydrogen-bond donors (Lipinski definition) is 1. The Labute approximate surface area is 118 Å². The highest BCUT2D eigenvalue weighted by Crippen LogP contribution is 2.21. The Balaban J connectivity index is 2.77. The quantitative estimate of drug-likeness (QED) is 0.664. The Kier molecular flexibility index (Phi) is 5.60. The molecule has 88 valence electrons. The van der Waals surface area contributed by atoms with Crippen molar-refractivity contribution in [2.24, 2.45) is 5.10 Å². The van der Waals surface area contributed by atoms with E-state index in [1.165, 1.54) is 0 Å². The van der Waals surface area contributed by atoms with Crippen LogP contribution in [0.3, 0.4) is 0 Å². The Morgan fingerprint density at radius 3 is 2.18 bits per heavy atom. The summed E-state index contributed by atoms with van der Waals surface area (Å²) in [5.41, 5.74) is 3.84. The highest BCUT2D eigenvalue weighted by Gasteiger charge is 2.05. The van der Waals surface area contributed by atoms with Crippen LogP contribution in [0, 0.1) is 11.3 Å². The molecule has 0 spiro atoms. The summed E-state index contributed by atoms with van der Waals surface area (Å²) in [5, 5.41) is 12.3. The molecule has 0 fully saturated rings. The van der Waals surface area contributed by atoms with Gasteiger partial charge in [-0.15, -0.1) is 0 Å². The van der Waals surface area contributed by atoms with Crippen LogP contribution in [0.4, 0.5) is 5.69 Å². The summed E-state index contributed by atoms with van der Waals surface area (Å²) >= 11 is 22.2. The second-order valence-electron chi connectivity index (χ2n) is 2.78. The van der Waals surface area contributed by atoms with Crippen molar-refractivity contribution in [2.45, 2.75) is 0 Å². The van der Waals surface area contributed by atoms with Gasteiger partial charge in [-0.2, -0.15) is 10.4 Å². The summed E-state index contributed by atoms with van der Waals surface area (Å²) in [4.78, 5) is 0. The average molecular weight is 309 g/mol. The van der Waals surface area contributed by atoms with E-state index in [1.54, 1.807) is 24.3 Å². The summed E-state index contributed by atoms with van der Waals surface area (Å²) < 4.78 is -0.165. The van der Waals surface area contributed by atoms with Gasteiger partial charge in [-0.1, -0.05) is 46.4 Å². The number of halogens is 4. The molecule has 0 saturated carbocycles. The van der Waals surface area contributed by atoms with Crippen LogP contribution in [0.15, 0.2) is 38.9 Å². The standard InChI is InChI=1S/C10H5Cl4N3/c11-8(9(12)13)10(14)17-16-7-3-1-6(5-15)2-4-7/h1-4,16H/b17-10+. The van der Waals surface area contributed by atoms with E-state index in [4.69, 9.17) is 51.7 Å². The third kappa shape index (κ3) is 4.45. The molecule has 3 nitrogen and oxygen atoms in total. The highest BCUT2D eigenvalue weighted by molar-refractivity contribution is 6.79. The molecular weight excluding hydrogens is 304 g/mol. The molecule has 0 aromatic heterocycles. The van der Waals surface area contributed by atoms with E-state index in [9.17, 15) is 0 Å². The lowest BCUT2D eigenvalue weighted by Crippen LogP contribution is -1.95. The zero-order valence-corrected chi connectivity index (χ0v) is 11.2. The van der Waals surface area contributed by atoms with Crippen LogP contribution in [0.5, 0.6) is 0 Å². The molecular formula is C10H5Cl4N3. The Morgan fingerprint density at radius 2 is 1.71 bits per heavy atom. The van der Waals surface area contributed by atoms with Crippen molar-refractivity contribution < 1.29 is 0 Å². The summed E-state index contributed by atoms with van der Waals surface area (Å²) in [6, 6.07) is 8.62. The fourth-order valence-electron chi connectivity index (χ4n) is 0.860. The van der Waals surface area contributed by atoms with Crippen molar-refractivity contribution >= 4 is 57.3 Å². The number of rotatable bonds is 3. The summed E-state index contributed by atoms with van der Waals surface area (Å²) in [6.07, 6.45) is 0. The maximum Gasteiger partial charge on any atom is 0.170 e. The molecule has 0 aliphatic rings. The second kappa shape index (κ2) is 6.73. The first-order valence-corrected chi connectivity index (χ1v) is 5.76. The minimum absolute atomic E-state index is 0.0452. The number of anilines is 1. The Morgan fingerprint density at radius 1 is 1.12 bits per heavy atom. The molecule has 0 radical (unpaired) electrons. The Hall–Kier alpha value is -0.920. The number of nitriles is 1. The molecule has 0 aliphatic carbocycles. The predicted octanol–water partition coefficient (Wildman–Crippen LogP) is 4.41. The zero-order valence-electron chi connectivity index (χ0n) is 8.22. The van der Waals surface area contributed by atoms with Gasteiger partial charge in [0.05, 0.1) is 17.3 Å². The van der Waals surface area contributed by atoms with E-state index in [2.05, 4.69) is 10.5 Å². The number of hydrazone groups is 1. The van der Waals surface area contributed by atoms with E-state index >= 15 is 0 Å². The molecule has 1 aromatic carbocycles. The van der Waals surface area contributed by atoms with Crippen LogP contribution >= 0.6 is 46.4 Å². The first-order valence-electron chi connectivity index (χ1n) is 4.25. The van der Waals surface area contributed by atoms with E-state index in [-0.39, 0.29) is 14.7 Å². The van der Waals surface area contributed by atoms with Crippen LogP contribution in [0.2, 0.25) is 0 Å². The molecule has 0 atom stereocenters. The molecule has 0 amide bonds. The van der Waals surface area contributed by atoms with Gasteiger partial charge in [-0.3, -0.25) is 5.43 Å². The normalized spacial score (nSPS) is 10.6. The fourth-order valence-corrected chi connectivity index (χ4v) is 1.31. The molecule has 0 heterocycles. The fraction of sp³-hybridized carbons (Fsp3) is 0. The van der Waals surface area contributed by atoms with Crippen LogP contribution in [0.1, 0.15) is 5.56 Å². The van der Waals surface area contributed by atoms with Gasteiger partial charge in [-0.25, -0.2) is 0 Å². The number of benzene rings is 1. The number of allylic oxidation sites excluding steroid dienone is 1. The van der Waals surface area contributed by atoms with Crippen molar-refractivity contribution in [3.63, 3.8) is 0 Å². The maximum atomic E-state index is 8.61. The minimum Gasteiger partial charge on any atom is -0.277 e. The minimum atomic E-state index is -0.165. The second-order valence-corrected chi connectivity index (χ2v) is 4.46. The van der Waals surface area contributed by atoms with E-state index in [0.29, 0.717) is 11.3 Å². The lowest BCUT2D eigenvalue weighted by Gasteiger charge is -2.01. The van der Waals surface area contributed by atoms with Crippen molar-refractivity contribution in [3.05, 3.63) is 39.4 Å². The van der Waals surface area contributed by atoms with E-state index in [0.717, 1.165) is 0 Å². The van der Waals surface area contributed by atoms with E-state index < -0.39 is 0 Å². The van der Waals surface area contributed by atoms with Gasteiger partial charge >= 0.3 is 0 Å². The molecule has 0 unspecified atom stereocenters. The van der Waals surface area contributed by atoms with Gasteiger partial charge in [-0.05, 0) is 24.3 Å². The first kappa shape index (κ1) is 14.1. The molecule has 0 aliphatic heterocycles. The summed E-state index contributed by atoms with van der Waals surface area (Å²) in [5.74, 6) is 0. The van der Waals surface area contributed by atoms with Gasteiger partial charge in [0.1, 0.15) is 9.52 Å². The summed E-state index contributed by atoms with van der Waals surface area (Å²) in [6.45, 7) is 0. The van der Waals surface area contributed by atoms with Crippen LogP contribution in [-0.2, 0) is 0 Å². The zero-order chi connectivity index (χ0) is 12.8. The average Bonchev–Trinajstić information content (AvgIpc) is 2.35. The smallest absolute Gasteiger partial charge is 0.170 e. The molecule has 0 bridgehead atoms. The van der Waals surface area contributed by atoms with Crippen LogP contribution < -0.4 is 5.43 Å². The van der Waals surface area contributed by atoms with Gasteiger partial charge in [0.15, 0.2) is 5.17 Å². The largest absolute Gasteiger partial charge is 0.277 e. The third-order valence-corrected chi connectivity index (χ3v) is 2.95. The molecule has 1 aromatic rings. The van der Waals surface area contributed by atoms with Crippen LogP contribution in [-0.4, -0.2) is 5.17 Å². The van der Waals surface area contributed by atoms with Gasteiger partial charge in [0, 0.05) is 0 Å². The first-order chi connectivity index (χ1) is 8.04. The number of nitrogens with zero attached hydrogens (tertiary/aromatic N) is 2. The highest BCUT2D eigenvalue weighted by atomic mass is 35.5. The molecule has 1 rings (SSSR count). The van der Waals surface area contributed by atoms with Crippen molar-refractivity contribution in [2.75, 3.05) is 5.43 Å². The molecule has 0 saturated heterocycles. The van der Waals surface area contributed by atoms with Crippen molar-refractivity contribution in [3.8, 4) is 6.07 Å². The monoisotopic (exact) mass is 307 g/mol. The van der Waals surface area contributed by atoms with Gasteiger partial charge < -0.3 is 0 Å². The molecule has 7 heteroatoms. The third-order valence-electron chi connectivity index (χ3n) is 1.64. The molecule has 1 N–H and O–H groups in total. The lowest BCUT2D eigenvalue weighted by molar-refractivity contribution is 1.34. The maximum absolute atomic E-state index is 8.61. The number of hydrogen-bond acceptors (Lipinski definition) is 3. The topological polar surface area (TPSA) is 48.2 Å². The van der Waals surface area contributed by atoms with E-state index in [1.807, 2.05) is 6.07 Å². The van der Waals surface area contributed by atoms with Crippen molar-refractivity contribution in [1.82, 2.24) is 0 Å². The van der Waals surface area contributed by atoms with Crippen molar-refractivity contribution in [1.29, 1.82) is 5.26 Å². The van der Waals surface area contributed by atoms with Gasteiger partial charge in [0.25, 0.3) is 0 Å². The van der Waals surface area contributed by atoms with Crippen LogP contribution in [0.25, 0.3) is 0 Å². The SMILES string of the molecule is N#Cc1ccc(N/N=C(/Cl)C(Cl)=C(Cl)Cl)cc1. The Bertz CT molecular complexity index is 495. The predicted molar refractivity (Wildman–Crippen MR) is 72.7 cm³/mol. The lowest BCUT2D eigenvalue weighted by atomic mass is 10.2. The molecule has 17 heavy (non-hydrogen) atoms.